The van der Waals surface area contributed by atoms with Gasteiger partial charge in [0.15, 0.2) is 12.4 Å². The number of thioether (sulfide) groups is 1. The van der Waals surface area contributed by atoms with Gasteiger partial charge in [-0.15, -0.1) is 10.2 Å². The molecule has 7 nitrogen and oxygen atoms in total. The van der Waals surface area contributed by atoms with Gasteiger partial charge in [0, 0.05) is 16.6 Å². The van der Waals surface area contributed by atoms with Crippen LogP contribution in [-0.4, -0.2) is 27.6 Å². The molecule has 0 spiro atoms. The molecule has 8 heteroatoms. The van der Waals surface area contributed by atoms with Crippen molar-refractivity contribution in [3.8, 4) is 5.75 Å². The van der Waals surface area contributed by atoms with Crippen LogP contribution in [-0.2, 0) is 11.4 Å². The number of ketones is 1. The number of ether oxygens (including phenoxy) is 1. The molecule has 1 N–H and O–H groups in total. The Hall–Kier alpha value is -3.65. The summed E-state index contributed by atoms with van der Waals surface area (Å²) in [5, 5.41) is 13.0. The van der Waals surface area contributed by atoms with E-state index in [2.05, 4.69) is 15.5 Å². The first-order valence-electron chi connectivity index (χ1n) is 9.55. The summed E-state index contributed by atoms with van der Waals surface area (Å²) in [6.07, 6.45) is 0. The predicted molar refractivity (Wildman–Crippen MR) is 118 cm³/mol. The van der Waals surface area contributed by atoms with E-state index in [0.717, 1.165) is 28.3 Å². The number of hydrogen-bond donors (Lipinski definition) is 1. The van der Waals surface area contributed by atoms with Crippen LogP contribution in [0.2, 0.25) is 0 Å². The number of Topliss-reactive ketones (excluding diaryl/α,β-unsaturated/α-hetero) is 1. The van der Waals surface area contributed by atoms with Crippen LogP contribution in [0.3, 0.4) is 0 Å². The number of rotatable bonds is 8. The lowest BCUT2D eigenvalue weighted by atomic mass is 10.1. The van der Waals surface area contributed by atoms with Gasteiger partial charge in [-0.25, -0.2) is 0 Å². The fourth-order valence-corrected chi connectivity index (χ4v) is 3.54. The van der Waals surface area contributed by atoms with Crippen molar-refractivity contribution in [1.82, 2.24) is 10.2 Å². The van der Waals surface area contributed by atoms with Crippen molar-refractivity contribution < 1.29 is 18.7 Å². The number of nitrogens with zero attached hydrogens (tertiary/aromatic N) is 2. The molecule has 3 aromatic carbocycles. The second-order valence-corrected chi connectivity index (χ2v) is 7.63. The molecule has 0 saturated carbocycles. The molecule has 0 aliphatic heterocycles. The highest BCUT2D eigenvalue weighted by atomic mass is 32.2. The molecule has 0 unspecified atom stereocenters. The lowest BCUT2D eigenvalue weighted by Crippen LogP contribution is -2.14. The van der Waals surface area contributed by atoms with Crippen LogP contribution < -0.4 is 10.1 Å². The van der Waals surface area contributed by atoms with Crippen molar-refractivity contribution in [2.24, 2.45) is 0 Å². The summed E-state index contributed by atoms with van der Waals surface area (Å²) in [5.74, 6) is 0.852. The Morgan fingerprint density at radius 3 is 2.71 bits per heavy atom. The van der Waals surface area contributed by atoms with Gasteiger partial charge in [0.1, 0.15) is 5.75 Å². The van der Waals surface area contributed by atoms with Gasteiger partial charge in [-0.3, -0.25) is 9.59 Å². The van der Waals surface area contributed by atoms with Crippen LogP contribution in [0.25, 0.3) is 10.8 Å². The van der Waals surface area contributed by atoms with Gasteiger partial charge in [0.2, 0.25) is 5.91 Å². The minimum atomic E-state index is -0.238. The fraction of sp³-hybridized carbons (Fsp3) is 0.130. The number of nitrogens with one attached hydrogen (secondary N) is 1. The van der Waals surface area contributed by atoms with E-state index in [9.17, 15) is 9.59 Å². The topological polar surface area (TPSA) is 94.3 Å². The molecule has 1 aromatic heterocycles. The first-order valence-corrected chi connectivity index (χ1v) is 10.5. The second kappa shape index (κ2) is 9.44. The zero-order valence-corrected chi connectivity index (χ0v) is 17.5. The van der Waals surface area contributed by atoms with E-state index in [4.69, 9.17) is 9.15 Å². The van der Waals surface area contributed by atoms with Crippen molar-refractivity contribution in [2.75, 3.05) is 11.1 Å². The fourth-order valence-electron chi connectivity index (χ4n) is 2.96. The van der Waals surface area contributed by atoms with Crippen LogP contribution in [0.15, 0.2) is 76.4 Å². The Morgan fingerprint density at radius 1 is 1.03 bits per heavy atom. The molecule has 4 aromatic rings. The van der Waals surface area contributed by atoms with E-state index in [-0.39, 0.29) is 29.3 Å². The highest BCUT2D eigenvalue weighted by Crippen LogP contribution is 2.26. The molecule has 0 aliphatic rings. The molecular formula is C23H19N3O4S. The van der Waals surface area contributed by atoms with E-state index >= 15 is 0 Å². The first kappa shape index (κ1) is 20.6. The van der Waals surface area contributed by atoms with Crippen LogP contribution in [0.5, 0.6) is 5.75 Å². The van der Waals surface area contributed by atoms with Crippen molar-refractivity contribution in [3.63, 3.8) is 0 Å². The summed E-state index contributed by atoms with van der Waals surface area (Å²) in [5.41, 5.74) is 1.10. The smallest absolute Gasteiger partial charge is 0.277 e. The van der Waals surface area contributed by atoms with Gasteiger partial charge >= 0.3 is 0 Å². The zero-order valence-electron chi connectivity index (χ0n) is 16.7. The number of carbonyl (C=O) groups is 2. The molecule has 4 rings (SSSR count). The monoisotopic (exact) mass is 433 g/mol. The highest BCUT2D eigenvalue weighted by molar-refractivity contribution is 7.99. The van der Waals surface area contributed by atoms with Crippen molar-refractivity contribution in [3.05, 3.63) is 78.2 Å². The molecule has 0 radical (unpaired) electrons. The second-order valence-electron chi connectivity index (χ2n) is 6.70. The van der Waals surface area contributed by atoms with E-state index in [0.29, 0.717) is 17.1 Å². The van der Waals surface area contributed by atoms with Gasteiger partial charge in [0.25, 0.3) is 11.1 Å². The van der Waals surface area contributed by atoms with Gasteiger partial charge in [-0.1, -0.05) is 60.3 Å². The third-order valence-corrected chi connectivity index (χ3v) is 5.25. The van der Waals surface area contributed by atoms with Crippen LogP contribution in [0.1, 0.15) is 23.2 Å². The van der Waals surface area contributed by atoms with Crippen LogP contribution in [0.4, 0.5) is 5.69 Å². The molecule has 0 saturated heterocycles. The molecule has 0 fully saturated rings. The number of amides is 1. The lowest BCUT2D eigenvalue weighted by Gasteiger charge is -2.07. The summed E-state index contributed by atoms with van der Waals surface area (Å²) in [7, 11) is 0. The Labute approximate surface area is 182 Å². The minimum Gasteiger partial charge on any atom is -0.483 e. The Morgan fingerprint density at radius 2 is 1.84 bits per heavy atom. The van der Waals surface area contributed by atoms with Crippen molar-refractivity contribution in [2.45, 2.75) is 18.8 Å². The maximum atomic E-state index is 12.2. The van der Waals surface area contributed by atoms with Gasteiger partial charge in [-0.05, 0) is 30.5 Å². The summed E-state index contributed by atoms with van der Waals surface area (Å²) >= 11 is 1.13. The Balaban J connectivity index is 1.30. The average molecular weight is 433 g/mol. The first-order chi connectivity index (χ1) is 15.1. The summed E-state index contributed by atoms with van der Waals surface area (Å²) in [6.45, 7) is 1.61. The maximum Gasteiger partial charge on any atom is 0.277 e. The highest BCUT2D eigenvalue weighted by Gasteiger charge is 2.12. The minimum absolute atomic E-state index is 0.0606. The molecule has 1 heterocycles. The SMILES string of the molecule is CC(=O)c1cccc(NC(=O)CSc2nnc(COc3cccc4ccccc34)o2)c1. The Kier molecular flexibility index (Phi) is 6.28. The molecule has 31 heavy (non-hydrogen) atoms. The number of benzene rings is 3. The van der Waals surface area contributed by atoms with Crippen LogP contribution >= 0.6 is 11.8 Å². The number of hydrogen-bond acceptors (Lipinski definition) is 7. The normalized spacial score (nSPS) is 10.7. The quantitative estimate of drug-likeness (QED) is 0.317. The van der Waals surface area contributed by atoms with Crippen LogP contribution in [0, 0.1) is 0 Å². The molecular weight excluding hydrogens is 414 g/mol. The number of carbonyl (C=O) groups excluding carboxylic acids is 2. The van der Waals surface area contributed by atoms with Gasteiger partial charge < -0.3 is 14.5 Å². The van der Waals surface area contributed by atoms with Crippen molar-refractivity contribution >= 4 is 39.9 Å². The molecule has 156 valence electrons. The van der Waals surface area contributed by atoms with E-state index in [1.165, 1.54) is 6.92 Å². The largest absolute Gasteiger partial charge is 0.483 e. The molecule has 0 bridgehead atoms. The van der Waals surface area contributed by atoms with E-state index < -0.39 is 0 Å². The number of fused-ring (bicyclic) bond motifs is 1. The Bertz CT molecular complexity index is 1230. The summed E-state index contributed by atoms with van der Waals surface area (Å²) in [6, 6.07) is 20.6. The van der Waals surface area contributed by atoms with E-state index in [1.54, 1.807) is 24.3 Å². The molecule has 1 amide bonds. The summed E-state index contributed by atoms with van der Waals surface area (Å²) in [4.78, 5) is 23.6. The third-order valence-electron chi connectivity index (χ3n) is 4.43. The van der Waals surface area contributed by atoms with Crippen molar-refractivity contribution in [1.29, 1.82) is 0 Å². The van der Waals surface area contributed by atoms with E-state index in [1.807, 2.05) is 42.5 Å². The predicted octanol–water partition coefficient (Wildman–Crippen LogP) is 4.74. The lowest BCUT2D eigenvalue weighted by molar-refractivity contribution is -0.113. The average Bonchev–Trinajstić information content (AvgIpc) is 3.24. The van der Waals surface area contributed by atoms with Gasteiger partial charge in [-0.2, -0.15) is 0 Å². The third kappa shape index (κ3) is 5.29. The number of anilines is 1. The maximum absolute atomic E-state index is 12.2. The standard InChI is InChI=1S/C23H19N3O4S/c1-15(27)17-8-4-9-18(12-17)24-21(28)14-31-23-26-25-22(30-23)13-29-20-11-5-7-16-6-2-3-10-19(16)20/h2-12H,13-14H2,1H3,(H,24,28). The van der Waals surface area contributed by atoms with Gasteiger partial charge in [0.05, 0.1) is 5.75 Å². The molecule has 0 atom stereocenters. The zero-order chi connectivity index (χ0) is 21.6. The summed E-state index contributed by atoms with van der Waals surface area (Å²) < 4.78 is 11.4. The number of aromatic nitrogens is 2. The molecule has 0 aliphatic carbocycles.